The Hall–Kier alpha value is -3.42. The molecule has 0 bridgehead atoms. The second-order valence-electron chi connectivity index (χ2n) is 10.0. The van der Waals surface area contributed by atoms with Gasteiger partial charge < -0.3 is 14.4 Å². The SMILES string of the molecule is Cc1cc(C)cc(Oc2cncc(-c3c(C)nnn3C3CCN(C(=O)OC(C)(C)C)CC3)c2)c1. The van der Waals surface area contributed by atoms with Crippen LogP contribution in [0.3, 0.4) is 0 Å². The Kier molecular flexibility index (Phi) is 6.59. The quantitative estimate of drug-likeness (QED) is 0.499. The maximum absolute atomic E-state index is 12.4. The highest BCUT2D eigenvalue weighted by atomic mass is 16.6. The van der Waals surface area contributed by atoms with Gasteiger partial charge in [-0.2, -0.15) is 0 Å². The predicted molar refractivity (Wildman–Crippen MR) is 130 cm³/mol. The zero-order chi connectivity index (χ0) is 24.5. The molecule has 1 fully saturated rings. The maximum Gasteiger partial charge on any atom is 0.410 e. The first-order valence-electron chi connectivity index (χ1n) is 11.7. The molecule has 1 saturated heterocycles. The van der Waals surface area contributed by atoms with Gasteiger partial charge in [0, 0.05) is 24.8 Å². The van der Waals surface area contributed by atoms with E-state index in [1.54, 1.807) is 11.1 Å². The lowest BCUT2D eigenvalue weighted by atomic mass is 10.0. The van der Waals surface area contributed by atoms with Crippen LogP contribution in [0, 0.1) is 20.8 Å². The molecule has 4 rings (SSSR count). The molecule has 0 spiro atoms. The summed E-state index contributed by atoms with van der Waals surface area (Å²) in [6.45, 7) is 12.9. The van der Waals surface area contributed by atoms with E-state index < -0.39 is 5.60 Å². The second kappa shape index (κ2) is 9.44. The number of likely N-dealkylation sites (tertiary alicyclic amines) is 1. The van der Waals surface area contributed by atoms with Gasteiger partial charge in [-0.1, -0.05) is 11.3 Å². The van der Waals surface area contributed by atoms with Crippen LogP contribution in [0.5, 0.6) is 11.5 Å². The lowest BCUT2D eigenvalue weighted by molar-refractivity contribution is 0.0185. The Morgan fingerprint density at radius 1 is 0.971 bits per heavy atom. The van der Waals surface area contributed by atoms with Crippen molar-refractivity contribution in [2.75, 3.05) is 13.1 Å². The zero-order valence-corrected chi connectivity index (χ0v) is 20.8. The van der Waals surface area contributed by atoms with Crippen LogP contribution in [0.1, 0.15) is 56.5 Å². The number of nitrogens with zero attached hydrogens (tertiary/aromatic N) is 5. The van der Waals surface area contributed by atoms with Gasteiger partial charge in [0.2, 0.25) is 0 Å². The first-order chi connectivity index (χ1) is 16.1. The van der Waals surface area contributed by atoms with Crippen LogP contribution in [-0.4, -0.2) is 49.7 Å². The summed E-state index contributed by atoms with van der Waals surface area (Å²) in [7, 11) is 0. The van der Waals surface area contributed by atoms with Crippen LogP contribution in [0.4, 0.5) is 4.79 Å². The smallest absolute Gasteiger partial charge is 0.410 e. The molecule has 2 aromatic heterocycles. The van der Waals surface area contributed by atoms with Gasteiger partial charge in [0.25, 0.3) is 0 Å². The molecule has 1 aliphatic rings. The Morgan fingerprint density at radius 3 is 2.29 bits per heavy atom. The van der Waals surface area contributed by atoms with Gasteiger partial charge in [-0.05, 0) is 83.7 Å². The van der Waals surface area contributed by atoms with Crippen molar-refractivity contribution in [3.8, 4) is 22.8 Å². The molecule has 0 saturated carbocycles. The highest BCUT2D eigenvalue weighted by Gasteiger charge is 2.29. The number of amides is 1. The number of aryl methyl sites for hydroxylation is 3. The van der Waals surface area contributed by atoms with E-state index in [-0.39, 0.29) is 12.1 Å². The van der Waals surface area contributed by atoms with E-state index in [4.69, 9.17) is 9.47 Å². The average molecular weight is 464 g/mol. The lowest BCUT2D eigenvalue weighted by Gasteiger charge is -2.33. The molecule has 1 aromatic carbocycles. The molecule has 180 valence electrons. The van der Waals surface area contributed by atoms with E-state index in [0.29, 0.717) is 18.8 Å². The summed E-state index contributed by atoms with van der Waals surface area (Å²) >= 11 is 0. The monoisotopic (exact) mass is 463 g/mol. The number of aromatic nitrogens is 4. The van der Waals surface area contributed by atoms with Gasteiger partial charge in [0.05, 0.1) is 23.6 Å². The van der Waals surface area contributed by atoms with Crippen molar-refractivity contribution < 1.29 is 14.3 Å². The zero-order valence-electron chi connectivity index (χ0n) is 20.8. The van der Waals surface area contributed by atoms with Crippen molar-refractivity contribution in [1.29, 1.82) is 0 Å². The van der Waals surface area contributed by atoms with Crippen LogP contribution in [-0.2, 0) is 4.74 Å². The molecular weight excluding hydrogens is 430 g/mol. The van der Waals surface area contributed by atoms with Gasteiger partial charge in [0.15, 0.2) is 0 Å². The number of hydrogen-bond donors (Lipinski definition) is 0. The third kappa shape index (κ3) is 5.55. The molecule has 1 aliphatic heterocycles. The third-order valence-electron chi connectivity index (χ3n) is 5.74. The Balaban J connectivity index is 1.51. The molecule has 0 atom stereocenters. The van der Waals surface area contributed by atoms with Crippen LogP contribution < -0.4 is 4.74 Å². The summed E-state index contributed by atoms with van der Waals surface area (Å²) in [5, 5.41) is 8.79. The number of ether oxygens (including phenoxy) is 2. The minimum absolute atomic E-state index is 0.138. The first-order valence-corrected chi connectivity index (χ1v) is 11.7. The number of benzene rings is 1. The number of piperidine rings is 1. The number of hydrogen-bond acceptors (Lipinski definition) is 6. The standard InChI is InChI=1S/C26H33N5O3/c1-17-11-18(2)13-22(12-17)33-23-14-20(15-27-16-23)24-19(3)28-29-31(24)21-7-9-30(10-8-21)25(32)34-26(4,5)6/h11-16,21H,7-10H2,1-6H3. The number of pyridine rings is 1. The molecule has 0 unspecified atom stereocenters. The molecule has 8 heteroatoms. The largest absolute Gasteiger partial charge is 0.456 e. The summed E-state index contributed by atoms with van der Waals surface area (Å²) in [5.74, 6) is 1.45. The fraction of sp³-hybridized carbons (Fsp3) is 0.462. The van der Waals surface area contributed by atoms with E-state index in [0.717, 1.165) is 46.7 Å². The van der Waals surface area contributed by atoms with E-state index >= 15 is 0 Å². The molecule has 3 aromatic rings. The second-order valence-corrected chi connectivity index (χ2v) is 10.0. The number of carbonyl (C=O) groups is 1. The molecule has 1 amide bonds. The maximum atomic E-state index is 12.4. The van der Waals surface area contributed by atoms with Crippen molar-refractivity contribution in [2.24, 2.45) is 0 Å². The van der Waals surface area contributed by atoms with Crippen LogP contribution in [0.2, 0.25) is 0 Å². The summed E-state index contributed by atoms with van der Waals surface area (Å²) in [6.07, 6.45) is 4.82. The fourth-order valence-corrected chi connectivity index (χ4v) is 4.32. The van der Waals surface area contributed by atoms with Crippen molar-refractivity contribution in [1.82, 2.24) is 24.9 Å². The minimum atomic E-state index is -0.499. The van der Waals surface area contributed by atoms with Crippen molar-refractivity contribution in [3.05, 3.63) is 53.5 Å². The Labute approximate surface area is 200 Å². The molecular formula is C26H33N5O3. The summed E-state index contributed by atoms with van der Waals surface area (Å²) < 4.78 is 13.6. The molecule has 0 aliphatic carbocycles. The van der Waals surface area contributed by atoms with Crippen LogP contribution >= 0.6 is 0 Å². The third-order valence-corrected chi connectivity index (χ3v) is 5.74. The van der Waals surface area contributed by atoms with Crippen LogP contribution in [0.15, 0.2) is 36.7 Å². The van der Waals surface area contributed by atoms with Crippen LogP contribution in [0.25, 0.3) is 11.3 Å². The van der Waals surface area contributed by atoms with E-state index in [1.165, 1.54) is 0 Å². The molecule has 3 heterocycles. The fourth-order valence-electron chi connectivity index (χ4n) is 4.32. The highest BCUT2D eigenvalue weighted by molar-refractivity contribution is 5.68. The Bertz CT molecular complexity index is 1150. The highest BCUT2D eigenvalue weighted by Crippen LogP contribution is 2.32. The van der Waals surface area contributed by atoms with Crippen molar-refractivity contribution in [3.63, 3.8) is 0 Å². The molecule has 34 heavy (non-hydrogen) atoms. The summed E-state index contributed by atoms with van der Waals surface area (Å²) in [6, 6.07) is 8.25. The number of rotatable bonds is 4. The molecule has 8 nitrogen and oxygen atoms in total. The normalized spacial score (nSPS) is 14.8. The summed E-state index contributed by atoms with van der Waals surface area (Å²) in [4.78, 5) is 18.6. The predicted octanol–water partition coefficient (Wildman–Crippen LogP) is 5.63. The van der Waals surface area contributed by atoms with Gasteiger partial charge in [-0.15, -0.1) is 5.10 Å². The van der Waals surface area contributed by atoms with E-state index in [2.05, 4.69) is 35.2 Å². The first kappa shape index (κ1) is 23.7. The molecule has 0 radical (unpaired) electrons. The van der Waals surface area contributed by atoms with Gasteiger partial charge >= 0.3 is 6.09 Å². The average Bonchev–Trinajstić information content (AvgIpc) is 3.13. The molecule has 0 N–H and O–H groups in total. The van der Waals surface area contributed by atoms with Gasteiger partial charge in [-0.3, -0.25) is 4.98 Å². The van der Waals surface area contributed by atoms with E-state index in [9.17, 15) is 4.79 Å². The van der Waals surface area contributed by atoms with E-state index in [1.807, 2.05) is 56.8 Å². The number of carbonyl (C=O) groups excluding carboxylic acids is 1. The van der Waals surface area contributed by atoms with Gasteiger partial charge in [-0.25, -0.2) is 9.48 Å². The lowest BCUT2D eigenvalue weighted by Crippen LogP contribution is -2.42. The van der Waals surface area contributed by atoms with Gasteiger partial charge in [0.1, 0.15) is 17.1 Å². The van der Waals surface area contributed by atoms with Crippen molar-refractivity contribution in [2.45, 2.75) is 66.0 Å². The Morgan fingerprint density at radius 2 is 1.65 bits per heavy atom. The minimum Gasteiger partial charge on any atom is -0.456 e. The summed E-state index contributed by atoms with van der Waals surface area (Å²) in [5.41, 5.74) is 4.46. The van der Waals surface area contributed by atoms with Crippen molar-refractivity contribution >= 4 is 6.09 Å². The topological polar surface area (TPSA) is 82.4 Å².